The number of esters is 2. The molecule has 0 amide bonds. The van der Waals surface area contributed by atoms with E-state index >= 15 is 0 Å². The highest BCUT2D eigenvalue weighted by atomic mass is 16.5. The number of hydrogen-bond acceptors (Lipinski definition) is 8. The topological polar surface area (TPSA) is 92.7 Å². The van der Waals surface area contributed by atoms with Gasteiger partial charge in [-0.15, -0.1) is 0 Å². The van der Waals surface area contributed by atoms with Crippen molar-refractivity contribution in [3.05, 3.63) is 29.5 Å². The molecule has 0 radical (unpaired) electrons. The summed E-state index contributed by atoms with van der Waals surface area (Å²) in [6.45, 7) is 0. The van der Waals surface area contributed by atoms with Gasteiger partial charge in [-0.1, -0.05) is 0 Å². The maximum Gasteiger partial charge on any atom is 0.335 e. The lowest BCUT2D eigenvalue weighted by Crippen LogP contribution is -2.31. The van der Waals surface area contributed by atoms with Crippen molar-refractivity contribution in [2.45, 2.75) is 5.92 Å². The predicted molar refractivity (Wildman–Crippen MR) is 92.9 cm³/mol. The maximum absolute atomic E-state index is 12.3. The fraction of sp³-hybridized carbons (Fsp3) is 0.389. The molecule has 1 aromatic carbocycles. The summed E-state index contributed by atoms with van der Waals surface area (Å²) in [4.78, 5) is 28.6. The van der Waals surface area contributed by atoms with Crippen molar-refractivity contribution in [1.29, 1.82) is 0 Å². The molecule has 1 heterocycles. The molecule has 0 aliphatic carbocycles. The molecule has 8 heteroatoms. The monoisotopic (exact) mass is 363 g/mol. The number of nitrogens with zero attached hydrogens (tertiary/aromatic N) is 1. The van der Waals surface area contributed by atoms with Gasteiger partial charge in [0.2, 0.25) is 0 Å². The Morgan fingerprint density at radius 2 is 1.50 bits per heavy atom. The molecule has 1 aromatic rings. The zero-order chi connectivity index (χ0) is 19.3. The summed E-state index contributed by atoms with van der Waals surface area (Å²) in [6, 6.07) is 3.29. The van der Waals surface area contributed by atoms with Crippen LogP contribution in [0, 0.1) is 5.92 Å². The van der Waals surface area contributed by atoms with Gasteiger partial charge in [-0.25, -0.2) is 4.79 Å². The molecular formula is C18H21NO7. The van der Waals surface area contributed by atoms with Gasteiger partial charge in [0.15, 0.2) is 11.5 Å². The van der Waals surface area contributed by atoms with Crippen LogP contribution in [0.1, 0.15) is 11.5 Å². The Balaban J connectivity index is 2.69. The molecule has 140 valence electrons. The molecular weight excluding hydrogens is 342 g/mol. The molecule has 0 saturated heterocycles. The Hall–Kier alpha value is -3.03. The first-order chi connectivity index (χ1) is 12.5. The quantitative estimate of drug-likeness (QED) is 0.711. The predicted octanol–water partition coefficient (Wildman–Crippen LogP) is 1.73. The van der Waals surface area contributed by atoms with Gasteiger partial charge in [-0.05, 0) is 6.07 Å². The largest absolute Gasteiger partial charge is 0.496 e. The summed E-state index contributed by atoms with van der Waals surface area (Å²) in [7, 11) is 7.01. The summed E-state index contributed by atoms with van der Waals surface area (Å²) in [6.07, 6.45) is 2.80. The van der Waals surface area contributed by atoms with E-state index in [4.69, 9.17) is 23.7 Å². The molecule has 0 bridgehead atoms. The number of carbonyl (C=O) groups excluding carboxylic acids is 2. The van der Waals surface area contributed by atoms with E-state index in [0.717, 1.165) is 0 Å². The van der Waals surface area contributed by atoms with Gasteiger partial charge >= 0.3 is 11.9 Å². The van der Waals surface area contributed by atoms with Crippen LogP contribution >= 0.6 is 0 Å². The van der Waals surface area contributed by atoms with E-state index in [1.54, 1.807) is 12.1 Å². The normalized spacial score (nSPS) is 18.6. The smallest absolute Gasteiger partial charge is 0.335 e. The van der Waals surface area contributed by atoms with Crippen molar-refractivity contribution in [3.63, 3.8) is 0 Å². The third kappa shape index (κ3) is 3.49. The molecule has 8 nitrogen and oxygen atoms in total. The molecule has 0 fully saturated rings. The molecule has 0 N–H and O–H groups in total. The van der Waals surface area contributed by atoms with Crippen LogP contribution in [-0.2, 0) is 19.1 Å². The van der Waals surface area contributed by atoms with E-state index in [-0.39, 0.29) is 5.57 Å². The first kappa shape index (κ1) is 19.3. The number of aliphatic imine (C=N–C) groups is 1. The Kier molecular flexibility index (Phi) is 6.21. The summed E-state index contributed by atoms with van der Waals surface area (Å²) >= 11 is 0. The van der Waals surface area contributed by atoms with Gasteiger partial charge < -0.3 is 23.7 Å². The van der Waals surface area contributed by atoms with Crippen LogP contribution in [0.15, 0.2) is 28.9 Å². The summed E-state index contributed by atoms with van der Waals surface area (Å²) in [5.41, 5.74) is 0.749. The van der Waals surface area contributed by atoms with Crippen LogP contribution in [0.2, 0.25) is 0 Å². The minimum atomic E-state index is -0.828. The molecule has 2 rings (SSSR count). The zero-order valence-electron chi connectivity index (χ0n) is 15.3. The maximum atomic E-state index is 12.3. The highest BCUT2D eigenvalue weighted by Gasteiger charge is 2.39. The van der Waals surface area contributed by atoms with E-state index in [2.05, 4.69) is 4.99 Å². The van der Waals surface area contributed by atoms with E-state index in [9.17, 15) is 9.59 Å². The van der Waals surface area contributed by atoms with Crippen LogP contribution < -0.4 is 14.2 Å². The lowest BCUT2D eigenvalue weighted by atomic mass is 9.79. The van der Waals surface area contributed by atoms with Gasteiger partial charge in [0, 0.05) is 30.0 Å². The van der Waals surface area contributed by atoms with Crippen LogP contribution in [-0.4, -0.2) is 53.7 Å². The third-order valence-corrected chi connectivity index (χ3v) is 4.12. The average molecular weight is 363 g/mol. The molecule has 26 heavy (non-hydrogen) atoms. The van der Waals surface area contributed by atoms with E-state index < -0.39 is 23.8 Å². The second kappa shape index (κ2) is 8.37. The summed E-state index contributed by atoms with van der Waals surface area (Å²) < 4.78 is 25.8. The Labute approximate surface area is 151 Å². The number of benzene rings is 1. The fourth-order valence-corrected chi connectivity index (χ4v) is 2.86. The lowest BCUT2D eigenvalue weighted by molar-refractivity contribution is -0.143. The minimum Gasteiger partial charge on any atom is -0.496 e. The van der Waals surface area contributed by atoms with Crippen LogP contribution in [0.5, 0.6) is 17.2 Å². The van der Waals surface area contributed by atoms with Crippen LogP contribution in [0.25, 0.3) is 0 Å². The van der Waals surface area contributed by atoms with Crippen molar-refractivity contribution >= 4 is 18.2 Å². The summed E-state index contributed by atoms with van der Waals surface area (Å²) in [5.74, 6) is -1.38. The van der Waals surface area contributed by atoms with E-state index in [1.807, 2.05) is 0 Å². The third-order valence-electron chi connectivity index (χ3n) is 4.12. The SMILES string of the molecule is COC(=O)C1=CN=CC(C(=O)OC)[C@@H]1c1cc(OC)c(OC)cc1OC. The van der Waals surface area contributed by atoms with Crippen molar-refractivity contribution in [1.82, 2.24) is 0 Å². The standard InChI is InChI=1S/C18H21NO7/c1-22-13-7-15(24-3)14(23-2)6-10(13)16-11(17(20)25-4)8-19-9-12(16)18(21)26-5/h6-9,11,16H,1-5H3/t11?,16-/m0/s1. The lowest BCUT2D eigenvalue weighted by Gasteiger charge is -2.28. The number of ether oxygens (including phenoxy) is 5. The van der Waals surface area contributed by atoms with Gasteiger partial charge in [0.25, 0.3) is 0 Å². The zero-order valence-corrected chi connectivity index (χ0v) is 15.3. The number of carbonyl (C=O) groups is 2. The van der Waals surface area contributed by atoms with Crippen molar-refractivity contribution in [3.8, 4) is 17.2 Å². The molecule has 2 atom stereocenters. The fourth-order valence-electron chi connectivity index (χ4n) is 2.86. The van der Waals surface area contributed by atoms with Gasteiger partial charge in [-0.3, -0.25) is 9.79 Å². The molecule has 0 aromatic heterocycles. The van der Waals surface area contributed by atoms with Gasteiger partial charge in [-0.2, -0.15) is 0 Å². The van der Waals surface area contributed by atoms with Gasteiger partial charge in [0.05, 0.1) is 41.1 Å². The molecule has 1 unspecified atom stereocenters. The second-order valence-electron chi connectivity index (χ2n) is 5.35. The second-order valence-corrected chi connectivity index (χ2v) is 5.35. The molecule has 1 aliphatic heterocycles. The van der Waals surface area contributed by atoms with Crippen molar-refractivity contribution < 1.29 is 33.3 Å². The van der Waals surface area contributed by atoms with Crippen molar-refractivity contribution in [2.75, 3.05) is 35.5 Å². The Morgan fingerprint density at radius 1 is 0.885 bits per heavy atom. The van der Waals surface area contributed by atoms with E-state index in [1.165, 1.54) is 48.0 Å². The van der Waals surface area contributed by atoms with Crippen LogP contribution in [0.3, 0.4) is 0 Å². The van der Waals surface area contributed by atoms with Crippen LogP contribution in [0.4, 0.5) is 0 Å². The minimum absolute atomic E-state index is 0.205. The summed E-state index contributed by atoms with van der Waals surface area (Å²) in [5, 5.41) is 0. The number of hydrogen-bond donors (Lipinski definition) is 0. The average Bonchev–Trinajstić information content (AvgIpc) is 2.70. The first-order valence-electron chi connectivity index (χ1n) is 7.71. The van der Waals surface area contributed by atoms with E-state index in [0.29, 0.717) is 22.8 Å². The number of rotatable bonds is 6. The molecule has 1 aliphatic rings. The van der Waals surface area contributed by atoms with Gasteiger partial charge in [0.1, 0.15) is 11.7 Å². The molecule has 0 saturated carbocycles. The Bertz CT molecular complexity index is 754. The highest BCUT2D eigenvalue weighted by molar-refractivity contribution is 5.99. The Morgan fingerprint density at radius 3 is 2.04 bits per heavy atom. The number of methoxy groups -OCH3 is 5. The molecule has 0 spiro atoms. The van der Waals surface area contributed by atoms with Crippen molar-refractivity contribution in [2.24, 2.45) is 10.9 Å². The highest BCUT2D eigenvalue weighted by Crippen LogP contribution is 2.44. The first-order valence-corrected chi connectivity index (χ1v) is 7.71.